The van der Waals surface area contributed by atoms with Gasteiger partial charge in [0.1, 0.15) is 23.5 Å². The Morgan fingerprint density at radius 3 is 2.57 bits per heavy atom. The molecule has 5 rings (SSSR count). The van der Waals surface area contributed by atoms with Crippen molar-refractivity contribution in [1.29, 1.82) is 5.26 Å². The van der Waals surface area contributed by atoms with Gasteiger partial charge in [0, 0.05) is 55.2 Å². The van der Waals surface area contributed by atoms with Crippen LogP contribution in [-0.4, -0.2) is 40.7 Å². The van der Waals surface area contributed by atoms with Crippen LogP contribution in [0.5, 0.6) is 0 Å². The number of anilines is 2. The lowest BCUT2D eigenvalue weighted by Crippen LogP contribution is -2.54. The van der Waals surface area contributed by atoms with E-state index in [4.69, 9.17) is 0 Å². The minimum absolute atomic E-state index is 0.0668. The van der Waals surface area contributed by atoms with Gasteiger partial charge in [0.15, 0.2) is 0 Å². The van der Waals surface area contributed by atoms with E-state index < -0.39 is 60.3 Å². The summed E-state index contributed by atoms with van der Waals surface area (Å²) in [7, 11) is 0. The van der Waals surface area contributed by atoms with Gasteiger partial charge in [-0.25, -0.2) is 22.5 Å². The summed E-state index contributed by atoms with van der Waals surface area (Å²) in [5.74, 6) is -6.33. The molecule has 2 heterocycles. The predicted octanol–water partition coefficient (Wildman–Crippen LogP) is 4.81. The van der Waals surface area contributed by atoms with Crippen molar-refractivity contribution in [2.24, 2.45) is 0 Å². The van der Waals surface area contributed by atoms with Crippen LogP contribution in [0.4, 0.5) is 29.1 Å². The first-order valence-electron chi connectivity index (χ1n) is 13.2. The van der Waals surface area contributed by atoms with Crippen molar-refractivity contribution in [3.05, 3.63) is 89.6 Å². The fraction of sp³-hybridized carbons (Fsp3) is 0.300. The summed E-state index contributed by atoms with van der Waals surface area (Å²) < 4.78 is 56.7. The zero-order chi connectivity index (χ0) is 30.0. The Morgan fingerprint density at radius 1 is 1.12 bits per heavy atom. The molecule has 3 aromatic rings. The molecule has 0 spiro atoms. The number of nitrogens with one attached hydrogen (secondary N) is 1. The SMILES string of the molecule is N#Cc1ccnc(N2C(=O)CC[C@H]2CC(=O)N(c2cccc(F)c2)[C@H](C(=O)NC2CC(F)(F)C2)c2ccccc2F)c1. The van der Waals surface area contributed by atoms with Crippen molar-refractivity contribution in [1.82, 2.24) is 10.3 Å². The Morgan fingerprint density at radius 2 is 1.88 bits per heavy atom. The number of carbonyl (C=O) groups is 3. The minimum atomic E-state index is -2.95. The molecule has 3 amide bonds. The van der Waals surface area contributed by atoms with Gasteiger partial charge in [0.05, 0.1) is 11.6 Å². The number of alkyl halides is 2. The number of amides is 3. The zero-order valence-electron chi connectivity index (χ0n) is 22.1. The fourth-order valence-electron chi connectivity index (χ4n) is 5.37. The molecular weight excluding hydrogens is 554 g/mol. The molecule has 1 saturated carbocycles. The summed E-state index contributed by atoms with van der Waals surface area (Å²) in [6.07, 6.45) is 0.118. The fourth-order valence-corrected chi connectivity index (χ4v) is 5.37. The Hall–Kier alpha value is -4.79. The third-order valence-corrected chi connectivity index (χ3v) is 7.35. The first-order chi connectivity index (χ1) is 20.1. The van der Waals surface area contributed by atoms with Crippen LogP contribution in [0.3, 0.4) is 0 Å². The molecule has 12 heteroatoms. The quantitative estimate of drug-likeness (QED) is 0.386. The van der Waals surface area contributed by atoms with Crippen LogP contribution in [0.25, 0.3) is 0 Å². The Balaban J connectivity index is 1.53. The van der Waals surface area contributed by atoms with Crippen LogP contribution in [0.15, 0.2) is 66.9 Å². The van der Waals surface area contributed by atoms with Crippen molar-refractivity contribution in [3.63, 3.8) is 0 Å². The van der Waals surface area contributed by atoms with Gasteiger partial charge < -0.3 is 5.32 Å². The number of aromatic nitrogens is 1. The number of nitrogens with zero attached hydrogens (tertiary/aromatic N) is 4. The lowest BCUT2D eigenvalue weighted by Gasteiger charge is -2.38. The van der Waals surface area contributed by atoms with Gasteiger partial charge in [-0.15, -0.1) is 0 Å². The van der Waals surface area contributed by atoms with Crippen LogP contribution in [0.1, 0.15) is 49.3 Å². The van der Waals surface area contributed by atoms with E-state index in [9.17, 15) is 32.8 Å². The van der Waals surface area contributed by atoms with Crippen LogP contribution in [0.2, 0.25) is 0 Å². The summed E-state index contributed by atoms with van der Waals surface area (Å²) in [6.45, 7) is 0. The maximum absolute atomic E-state index is 15.2. The molecule has 1 saturated heterocycles. The molecule has 42 heavy (non-hydrogen) atoms. The van der Waals surface area contributed by atoms with Crippen LogP contribution in [-0.2, 0) is 14.4 Å². The average Bonchev–Trinajstić information content (AvgIpc) is 3.30. The topological polar surface area (TPSA) is 106 Å². The number of hydrogen-bond donors (Lipinski definition) is 1. The third-order valence-electron chi connectivity index (χ3n) is 7.35. The Bertz CT molecular complexity index is 1570. The van der Waals surface area contributed by atoms with E-state index in [0.29, 0.717) is 0 Å². The number of benzene rings is 2. The van der Waals surface area contributed by atoms with E-state index >= 15 is 4.39 Å². The number of halogens is 4. The molecule has 1 N–H and O–H groups in total. The number of hydrogen-bond acceptors (Lipinski definition) is 5. The maximum Gasteiger partial charge on any atom is 0.252 e. The number of carbonyl (C=O) groups excluding carboxylic acids is 3. The highest BCUT2D eigenvalue weighted by atomic mass is 19.3. The van der Waals surface area contributed by atoms with Crippen LogP contribution in [0, 0.1) is 23.0 Å². The second-order valence-electron chi connectivity index (χ2n) is 10.3. The number of rotatable bonds is 8. The largest absolute Gasteiger partial charge is 0.351 e. The number of pyridine rings is 1. The lowest BCUT2D eigenvalue weighted by molar-refractivity contribution is -0.133. The molecule has 1 aliphatic heterocycles. The molecule has 2 aromatic carbocycles. The smallest absolute Gasteiger partial charge is 0.252 e. The highest BCUT2D eigenvalue weighted by Gasteiger charge is 2.47. The first-order valence-corrected chi connectivity index (χ1v) is 13.2. The second-order valence-corrected chi connectivity index (χ2v) is 10.3. The third kappa shape index (κ3) is 5.95. The highest BCUT2D eigenvalue weighted by Crippen LogP contribution is 2.39. The van der Waals surface area contributed by atoms with E-state index in [2.05, 4.69) is 10.3 Å². The number of nitriles is 1. The zero-order valence-corrected chi connectivity index (χ0v) is 22.1. The second kappa shape index (κ2) is 11.6. The van der Waals surface area contributed by atoms with Gasteiger partial charge in [0.2, 0.25) is 17.7 Å². The van der Waals surface area contributed by atoms with Gasteiger partial charge >= 0.3 is 0 Å². The van der Waals surface area contributed by atoms with Crippen molar-refractivity contribution < 1.29 is 31.9 Å². The van der Waals surface area contributed by atoms with Crippen molar-refractivity contribution in [3.8, 4) is 6.07 Å². The van der Waals surface area contributed by atoms with Crippen molar-refractivity contribution in [2.75, 3.05) is 9.80 Å². The van der Waals surface area contributed by atoms with E-state index in [1.807, 2.05) is 6.07 Å². The standard InChI is InChI=1S/C30H25F4N5O3/c31-19-4-3-5-21(13-19)39(27(41)14-22-8-9-26(40)38(22)25-12-18(17-35)10-11-36-25)28(23-6-1-2-7-24(23)32)29(42)37-20-15-30(33,34)16-20/h1-7,10-13,20,22,28H,8-9,14-16H2,(H,37,42)/t22-,28-/m0/s1. The predicted molar refractivity (Wildman–Crippen MR) is 143 cm³/mol. The summed E-state index contributed by atoms with van der Waals surface area (Å²) in [6, 6.07) is 11.6. The van der Waals surface area contributed by atoms with E-state index in [0.717, 1.165) is 23.1 Å². The molecular formula is C30H25F4N5O3. The lowest BCUT2D eigenvalue weighted by atomic mass is 9.87. The normalized spacial score (nSPS) is 18.6. The molecule has 0 bridgehead atoms. The summed E-state index contributed by atoms with van der Waals surface area (Å²) in [5, 5.41) is 11.8. The van der Waals surface area contributed by atoms with Crippen LogP contribution >= 0.6 is 0 Å². The van der Waals surface area contributed by atoms with Gasteiger partial charge in [0.25, 0.3) is 5.92 Å². The molecule has 216 valence electrons. The van der Waals surface area contributed by atoms with E-state index in [-0.39, 0.29) is 47.8 Å². The monoisotopic (exact) mass is 579 g/mol. The molecule has 2 aliphatic rings. The van der Waals surface area contributed by atoms with E-state index in [1.54, 1.807) is 0 Å². The molecule has 2 atom stereocenters. The van der Waals surface area contributed by atoms with Gasteiger partial charge in [-0.1, -0.05) is 24.3 Å². The molecule has 8 nitrogen and oxygen atoms in total. The summed E-state index contributed by atoms with van der Waals surface area (Å²) in [4.78, 5) is 47.0. The molecule has 0 unspecified atom stereocenters. The summed E-state index contributed by atoms with van der Waals surface area (Å²) >= 11 is 0. The van der Waals surface area contributed by atoms with Gasteiger partial charge in [-0.2, -0.15) is 5.26 Å². The highest BCUT2D eigenvalue weighted by molar-refractivity contribution is 6.03. The molecule has 1 aliphatic carbocycles. The maximum atomic E-state index is 15.2. The van der Waals surface area contributed by atoms with Crippen molar-refractivity contribution >= 4 is 29.2 Å². The van der Waals surface area contributed by atoms with E-state index in [1.165, 1.54) is 53.6 Å². The van der Waals surface area contributed by atoms with Gasteiger partial charge in [-0.3, -0.25) is 24.2 Å². The molecule has 0 radical (unpaired) electrons. The summed E-state index contributed by atoms with van der Waals surface area (Å²) in [5.41, 5.74) is -0.0340. The van der Waals surface area contributed by atoms with Crippen LogP contribution < -0.4 is 15.1 Å². The Labute approximate surface area is 238 Å². The van der Waals surface area contributed by atoms with Crippen molar-refractivity contribution in [2.45, 2.75) is 56.2 Å². The molecule has 1 aromatic heterocycles. The molecule has 2 fully saturated rings. The average molecular weight is 580 g/mol. The Kier molecular flexibility index (Phi) is 7.93. The first kappa shape index (κ1) is 28.7. The van der Waals surface area contributed by atoms with Gasteiger partial charge in [-0.05, 0) is 42.8 Å². The minimum Gasteiger partial charge on any atom is -0.351 e.